The molecule has 0 aliphatic carbocycles. The summed E-state index contributed by atoms with van der Waals surface area (Å²) in [6.45, 7) is 0. The molecule has 0 aliphatic heterocycles. The molecule has 0 spiro atoms. The van der Waals surface area contributed by atoms with Crippen molar-refractivity contribution in [2.24, 2.45) is 0 Å². The van der Waals surface area contributed by atoms with Crippen LogP contribution in [0.1, 0.15) is 21.8 Å². The first-order valence-electron chi connectivity index (χ1n) is 8.18. The second-order valence-corrected chi connectivity index (χ2v) is 6.83. The molecule has 26 heavy (non-hydrogen) atoms. The summed E-state index contributed by atoms with van der Waals surface area (Å²) in [5, 5.41) is 2.90. The molecule has 3 aromatic carbocycles. The van der Waals surface area contributed by atoms with Gasteiger partial charge in [-0.15, -0.1) is 0 Å². The Labute approximate surface area is 159 Å². The van der Waals surface area contributed by atoms with E-state index in [4.69, 9.17) is 4.42 Å². The van der Waals surface area contributed by atoms with Gasteiger partial charge in [-0.05, 0) is 42.0 Å². The van der Waals surface area contributed by atoms with Gasteiger partial charge in [0.05, 0.1) is 0 Å². The Kier molecular flexibility index (Phi) is 4.54. The summed E-state index contributed by atoms with van der Waals surface area (Å²) in [5.74, 6) is 0.486. The Morgan fingerprint density at radius 2 is 1.85 bits per heavy atom. The van der Waals surface area contributed by atoms with E-state index < -0.39 is 0 Å². The molecule has 0 saturated heterocycles. The Morgan fingerprint density at radius 1 is 1.00 bits per heavy atom. The van der Waals surface area contributed by atoms with Crippen molar-refractivity contribution in [2.45, 2.75) is 6.42 Å². The number of hydrogen-bond donors (Lipinski definition) is 1. The molecule has 0 unspecified atom stereocenters. The zero-order chi connectivity index (χ0) is 17.9. The number of nitrogens with zero attached hydrogens (tertiary/aromatic N) is 1. The molecule has 128 valence electrons. The SMILES string of the molecule is O=C(Nc1ccc2oc(Cc3ccccc3)nc2c1)c1cccc(Br)c1. The van der Waals surface area contributed by atoms with Crippen molar-refractivity contribution in [3.63, 3.8) is 0 Å². The minimum absolute atomic E-state index is 0.168. The van der Waals surface area contributed by atoms with Gasteiger partial charge in [0.15, 0.2) is 11.5 Å². The number of carbonyl (C=O) groups excluding carboxylic acids is 1. The molecule has 0 fully saturated rings. The maximum absolute atomic E-state index is 12.4. The number of nitrogens with one attached hydrogen (secondary N) is 1. The largest absolute Gasteiger partial charge is 0.440 e. The lowest BCUT2D eigenvalue weighted by molar-refractivity contribution is 0.102. The molecule has 0 atom stereocenters. The van der Waals surface area contributed by atoms with Gasteiger partial charge in [-0.1, -0.05) is 52.3 Å². The van der Waals surface area contributed by atoms with Crippen LogP contribution in [0.5, 0.6) is 0 Å². The number of carbonyl (C=O) groups is 1. The van der Waals surface area contributed by atoms with Crippen LogP contribution in [0, 0.1) is 0 Å². The minimum Gasteiger partial charge on any atom is -0.440 e. The summed E-state index contributed by atoms with van der Waals surface area (Å²) >= 11 is 3.38. The van der Waals surface area contributed by atoms with Crippen molar-refractivity contribution in [1.29, 1.82) is 0 Å². The number of oxazole rings is 1. The van der Waals surface area contributed by atoms with Gasteiger partial charge in [0, 0.05) is 22.1 Å². The summed E-state index contributed by atoms with van der Waals surface area (Å²) in [6, 6.07) is 22.8. The monoisotopic (exact) mass is 406 g/mol. The van der Waals surface area contributed by atoms with Crippen LogP contribution in [0.3, 0.4) is 0 Å². The van der Waals surface area contributed by atoms with Crippen molar-refractivity contribution in [2.75, 3.05) is 5.32 Å². The molecule has 1 amide bonds. The van der Waals surface area contributed by atoms with Gasteiger partial charge in [-0.2, -0.15) is 0 Å². The van der Waals surface area contributed by atoms with E-state index >= 15 is 0 Å². The van der Waals surface area contributed by atoms with Crippen LogP contribution in [0.4, 0.5) is 5.69 Å². The first kappa shape index (κ1) is 16.5. The Balaban J connectivity index is 1.55. The number of hydrogen-bond acceptors (Lipinski definition) is 3. The van der Waals surface area contributed by atoms with Crippen LogP contribution in [-0.2, 0) is 6.42 Å². The first-order chi connectivity index (χ1) is 12.7. The fraction of sp³-hybridized carbons (Fsp3) is 0.0476. The van der Waals surface area contributed by atoms with Gasteiger partial charge in [0.1, 0.15) is 5.52 Å². The number of fused-ring (bicyclic) bond motifs is 1. The summed E-state index contributed by atoms with van der Waals surface area (Å²) < 4.78 is 6.67. The quantitative estimate of drug-likeness (QED) is 0.491. The highest BCUT2D eigenvalue weighted by Gasteiger charge is 2.10. The molecule has 1 aromatic heterocycles. The molecule has 4 rings (SSSR count). The third-order valence-corrected chi connectivity index (χ3v) is 4.47. The van der Waals surface area contributed by atoms with E-state index in [1.165, 1.54) is 0 Å². The van der Waals surface area contributed by atoms with Crippen molar-refractivity contribution >= 4 is 38.6 Å². The van der Waals surface area contributed by atoms with Gasteiger partial charge >= 0.3 is 0 Å². The van der Waals surface area contributed by atoms with E-state index in [1.54, 1.807) is 12.1 Å². The number of rotatable bonds is 4. The van der Waals surface area contributed by atoms with Gasteiger partial charge in [-0.25, -0.2) is 4.98 Å². The lowest BCUT2D eigenvalue weighted by Crippen LogP contribution is -2.11. The van der Waals surface area contributed by atoms with E-state index in [9.17, 15) is 4.79 Å². The predicted octanol–water partition coefficient (Wildman–Crippen LogP) is 5.43. The van der Waals surface area contributed by atoms with Crippen molar-refractivity contribution in [1.82, 2.24) is 4.98 Å². The Morgan fingerprint density at radius 3 is 2.65 bits per heavy atom. The predicted molar refractivity (Wildman–Crippen MR) is 105 cm³/mol. The van der Waals surface area contributed by atoms with Gasteiger partial charge in [0.25, 0.3) is 5.91 Å². The Bertz CT molecular complexity index is 1070. The highest BCUT2D eigenvalue weighted by molar-refractivity contribution is 9.10. The maximum atomic E-state index is 12.4. The molecule has 0 aliphatic rings. The highest BCUT2D eigenvalue weighted by Crippen LogP contribution is 2.22. The third kappa shape index (κ3) is 3.68. The molecule has 1 N–H and O–H groups in total. The van der Waals surface area contributed by atoms with Crippen molar-refractivity contribution in [3.8, 4) is 0 Å². The number of benzene rings is 3. The molecule has 0 saturated carbocycles. The number of anilines is 1. The van der Waals surface area contributed by atoms with E-state index in [1.807, 2.05) is 60.7 Å². The van der Waals surface area contributed by atoms with Crippen LogP contribution in [0.2, 0.25) is 0 Å². The summed E-state index contributed by atoms with van der Waals surface area (Å²) in [4.78, 5) is 16.9. The second-order valence-electron chi connectivity index (χ2n) is 5.92. The van der Waals surface area contributed by atoms with Crippen LogP contribution in [0.25, 0.3) is 11.1 Å². The molecular formula is C21H15BrN2O2. The topological polar surface area (TPSA) is 55.1 Å². The number of halogens is 1. The fourth-order valence-electron chi connectivity index (χ4n) is 2.73. The molecule has 1 heterocycles. The summed E-state index contributed by atoms with van der Waals surface area (Å²) in [6.07, 6.45) is 0.634. The first-order valence-corrected chi connectivity index (χ1v) is 8.97. The molecular weight excluding hydrogens is 392 g/mol. The van der Waals surface area contributed by atoms with Crippen molar-refractivity contribution in [3.05, 3.63) is 94.3 Å². The maximum Gasteiger partial charge on any atom is 0.255 e. The van der Waals surface area contributed by atoms with Crippen LogP contribution in [-0.4, -0.2) is 10.9 Å². The zero-order valence-electron chi connectivity index (χ0n) is 13.8. The second kappa shape index (κ2) is 7.14. The van der Waals surface area contributed by atoms with Crippen LogP contribution < -0.4 is 5.32 Å². The van der Waals surface area contributed by atoms with Crippen LogP contribution in [0.15, 0.2) is 81.7 Å². The van der Waals surface area contributed by atoms with Crippen LogP contribution >= 0.6 is 15.9 Å². The summed E-state index contributed by atoms with van der Waals surface area (Å²) in [7, 11) is 0. The molecule has 4 nitrogen and oxygen atoms in total. The van der Waals surface area contributed by atoms with E-state index in [-0.39, 0.29) is 5.91 Å². The zero-order valence-corrected chi connectivity index (χ0v) is 15.4. The lowest BCUT2D eigenvalue weighted by atomic mass is 10.1. The number of aromatic nitrogens is 1. The molecule has 0 bridgehead atoms. The fourth-order valence-corrected chi connectivity index (χ4v) is 3.13. The molecule has 0 radical (unpaired) electrons. The Hall–Kier alpha value is -2.92. The average molecular weight is 407 g/mol. The highest BCUT2D eigenvalue weighted by atomic mass is 79.9. The lowest BCUT2D eigenvalue weighted by Gasteiger charge is -2.05. The molecule has 4 aromatic rings. The average Bonchev–Trinajstić information content (AvgIpc) is 3.04. The van der Waals surface area contributed by atoms with Crippen molar-refractivity contribution < 1.29 is 9.21 Å². The van der Waals surface area contributed by atoms with E-state index in [2.05, 4.69) is 26.2 Å². The van der Waals surface area contributed by atoms with Gasteiger partial charge in [-0.3, -0.25) is 4.79 Å². The third-order valence-electron chi connectivity index (χ3n) is 3.97. The standard InChI is InChI=1S/C21H15BrN2O2/c22-16-8-4-7-15(12-16)21(25)23-17-9-10-19-18(13-17)24-20(26-19)11-14-5-2-1-3-6-14/h1-10,12-13H,11H2,(H,23,25). The summed E-state index contributed by atoms with van der Waals surface area (Å²) in [5.41, 5.74) is 3.84. The van der Waals surface area contributed by atoms with E-state index in [0.29, 0.717) is 29.1 Å². The molecule has 5 heteroatoms. The smallest absolute Gasteiger partial charge is 0.255 e. The van der Waals surface area contributed by atoms with Gasteiger partial charge in [0.2, 0.25) is 0 Å². The minimum atomic E-state index is -0.168. The van der Waals surface area contributed by atoms with Gasteiger partial charge < -0.3 is 9.73 Å². The van der Waals surface area contributed by atoms with E-state index in [0.717, 1.165) is 15.6 Å². The normalized spacial score (nSPS) is 10.8. The number of amides is 1.